The van der Waals surface area contributed by atoms with Crippen molar-refractivity contribution in [1.29, 1.82) is 0 Å². The van der Waals surface area contributed by atoms with Crippen molar-refractivity contribution >= 4 is 15.9 Å². The number of fused-ring (bicyclic) bond motifs is 2. The fourth-order valence-corrected chi connectivity index (χ4v) is 5.82. The Labute approximate surface area is 156 Å². The van der Waals surface area contributed by atoms with Gasteiger partial charge in [0.1, 0.15) is 0 Å². The molecule has 0 unspecified atom stereocenters. The first kappa shape index (κ1) is 18.2. The van der Waals surface area contributed by atoms with E-state index in [2.05, 4.69) is 73.3 Å². The largest absolute Gasteiger partial charge is 0.292 e. The van der Waals surface area contributed by atoms with Gasteiger partial charge in [-0.15, -0.1) is 6.58 Å². The lowest BCUT2D eigenvalue weighted by molar-refractivity contribution is -0.0268. The van der Waals surface area contributed by atoms with Crippen molar-refractivity contribution < 1.29 is 0 Å². The Balaban J connectivity index is 2.04. The highest BCUT2D eigenvalue weighted by molar-refractivity contribution is 9.10. The Kier molecular flexibility index (Phi) is 5.28. The molecule has 3 atom stereocenters. The third-order valence-corrected chi connectivity index (χ3v) is 6.80. The third kappa shape index (κ3) is 3.12. The molecule has 4 rings (SSSR count). The van der Waals surface area contributed by atoms with E-state index in [4.69, 9.17) is 0 Å². The normalized spacial score (nSPS) is 28.0. The summed E-state index contributed by atoms with van der Waals surface area (Å²) >= 11 is 3.87. The van der Waals surface area contributed by atoms with Gasteiger partial charge in [-0.1, -0.05) is 67.2 Å². The van der Waals surface area contributed by atoms with Crippen LogP contribution in [0.2, 0.25) is 0 Å². The van der Waals surface area contributed by atoms with Crippen molar-refractivity contribution in [3.05, 3.63) is 46.0 Å². The van der Waals surface area contributed by atoms with E-state index in [0.717, 1.165) is 6.42 Å². The van der Waals surface area contributed by atoms with Crippen molar-refractivity contribution in [3.8, 4) is 0 Å². The summed E-state index contributed by atoms with van der Waals surface area (Å²) in [5.74, 6) is 0.589. The Morgan fingerprint density at radius 1 is 1.33 bits per heavy atom. The van der Waals surface area contributed by atoms with Crippen LogP contribution < -0.4 is 0 Å². The summed E-state index contributed by atoms with van der Waals surface area (Å²) in [6, 6.07) is 7.98. The van der Waals surface area contributed by atoms with Crippen LogP contribution in [-0.4, -0.2) is 17.5 Å². The minimum atomic E-state index is 0.350. The molecular weight excluding hydrogens is 358 g/mol. The Bertz CT molecular complexity index is 618. The molecule has 132 valence electrons. The monoisotopic (exact) mass is 389 g/mol. The molecular formula is C22H32BrN. The van der Waals surface area contributed by atoms with Gasteiger partial charge >= 0.3 is 0 Å². The summed E-state index contributed by atoms with van der Waals surface area (Å²) in [5, 5.41) is 0. The standard InChI is InChI=1S/C22H32BrN/c1-6-7-8-12-24-18(13-15(2)3)21-20-16(10-9-11-17(20)23)19(24)14-22(21,4)5/h9-11,18-19,21H,2,6-8,12-14H2,1,3-5H3/t18-,19-,21-/m0/s1. The van der Waals surface area contributed by atoms with E-state index in [1.807, 2.05) is 0 Å². The summed E-state index contributed by atoms with van der Waals surface area (Å²) in [7, 11) is 0. The van der Waals surface area contributed by atoms with Crippen LogP contribution in [0.4, 0.5) is 0 Å². The van der Waals surface area contributed by atoms with E-state index in [-0.39, 0.29) is 0 Å². The zero-order valence-electron chi connectivity index (χ0n) is 15.7. The topological polar surface area (TPSA) is 3.24 Å². The van der Waals surface area contributed by atoms with E-state index >= 15 is 0 Å². The number of benzene rings is 1. The highest BCUT2D eigenvalue weighted by Gasteiger charge is 2.53. The van der Waals surface area contributed by atoms with E-state index in [0.29, 0.717) is 23.4 Å². The molecule has 1 aromatic carbocycles. The van der Waals surface area contributed by atoms with Crippen LogP contribution in [0, 0.1) is 5.41 Å². The van der Waals surface area contributed by atoms with Crippen LogP contribution >= 0.6 is 15.9 Å². The summed E-state index contributed by atoms with van der Waals surface area (Å²) in [5.41, 5.74) is 4.82. The van der Waals surface area contributed by atoms with Gasteiger partial charge in [0.25, 0.3) is 0 Å². The van der Waals surface area contributed by atoms with Crippen molar-refractivity contribution in [2.75, 3.05) is 6.54 Å². The zero-order chi connectivity index (χ0) is 17.5. The second kappa shape index (κ2) is 6.96. The number of halogens is 1. The maximum atomic E-state index is 4.25. The molecule has 2 heterocycles. The summed E-state index contributed by atoms with van der Waals surface area (Å²) < 4.78 is 1.31. The predicted octanol–water partition coefficient (Wildman–Crippen LogP) is 6.84. The van der Waals surface area contributed by atoms with Crippen molar-refractivity contribution in [2.45, 2.75) is 77.8 Å². The van der Waals surface area contributed by atoms with E-state index in [1.165, 1.54) is 42.3 Å². The fourth-order valence-electron chi connectivity index (χ4n) is 5.19. The maximum absolute atomic E-state index is 4.25. The molecule has 24 heavy (non-hydrogen) atoms. The molecule has 3 aliphatic rings. The Morgan fingerprint density at radius 3 is 2.75 bits per heavy atom. The fraction of sp³-hybridized carbons (Fsp3) is 0.636. The highest BCUT2D eigenvalue weighted by atomic mass is 79.9. The lowest BCUT2D eigenvalue weighted by atomic mass is 9.57. The Hall–Kier alpha value is -0.600. The molecule has 1 aromatic rings. The molecule has 0 spiro atoms. The molecule has 0 aromatic heterocycles. The minimum Gasteiger partial charge on any atom is -0.292 e. The summed E-state index contributed by atoms with van der Waals surface area (Å²) in [6.45, 7) is 14.9. The Morgan fingerprint density at radius 2 is 2.08 bits per heavy atom. The molecule has 1 aliphatic carbocycles. The molecule has 0 radical (unpaired) electrons. The minimum absolute atomic E-state index is 0.350. The van der Waals surface area contributed by atoms with Crippen molar-refractivity contribution in [1.82, 2.24) is 4.90 Å². The van der Waals surface area contributed by atoms with Gasteiger partial charge in [-0.05, 0) is 55.3 Å². The van der Waals surface area contributed by atoms with Crippen LogP contribution in [0.1, 0.15) is 82.9 Å². The first-order valence-corrected chi connectivity index (χ1v) is 10.3. The van der Waals surface area contributed by atoms with Gasteiger partial charge < -0.3 is 0 Å². The molecule has 2 heteroatoms. The molecule has 0 N–H and O–H groups in total. The first-order chi connectivity index (χ1) is 11.4. The quantitative estimate of drug-likeness (QED) is 0.379. The van der Waals surface area contributed by atoms with Crippen molar-refractivity contribution in [3.63, 3.8) is 0 Å². The summed E-state index contributed by atoms with van der Waals surface area (Å²) in [4.78, 5) is 2.83. The van der Waals surface area contributed by atoms with Crippen molar-refractivity contribution in [2.24, 2.45) is 5.41 Å². The van der Waals surface area contributed by atoms with Crippen LogP contribution in [-0.2, 0) is 0 Å². The summed E-state index contributed by atoms with van der Waals surface area (Å²) in [6.07, 6.45) is 6.34. The molecule has 1 saturated heterocycles. The molecule has 1 fully saturated rings. The van der Waals surface area contributed by atoms with Gasteiger partial charge in [0.05, 0.1) is 0 Å². The maximum Gasteiger partial charge on any atom is 0.0359 e. The number of unbranched alkanes of at least 4 members (excludes halogenated alkanes) is 2. The van der Waals surface area contributed by atoms with Crippen LogP contribution in [0.15, 0.2) is 34.8 Å². The van der Waals surface area contributed by atoms with Gasteiger partial charge in [0, 0.05) is 22.5 Å². The third-order valence-electron chi connectivity index (χ3n) is 6.11. The molecule has 1 nitrogen and oxygen atoms in total. The van der Waals surface area contributed by atoms with Gasteiger partial charge in [-0.3, -0.25) is 4.90 Å². The molecule has 2 bridgehead atoms. The molecule has 0 amide bonds. The van der Waals surface area contributed by atoms with Crippen LogP contribution in [0.3, 0.4) is 0 Å². The first-order valence-electron chi connectivity index (χ1n) is 9.55. The number of hydrogen-bond donors (Lipinski definition) is 0. The number of piperidine rings is 1. The second-order valence-corrected chi connectivity index (χ2v) is 9.46. The lowest BCUT2D eigenvalue weighted by Crippen LogP contribution is -2.56. The lowest BCUT2D eigenvalue weighted by Gasteiger charge is -2.60. The molecule has 2 aliphatic heterocycles. The second-order valence-electron chi connectivity index (χ2n) is 8.60. The van der Waals surface area contributed by atoms with Crippen LogP contribution in [0.5, 0.6) is 0 Å². The average molecular weight is 390 g/mol. The zero-order valence-corrected chi connectivity index (χ0v) is 17.3. The highest BCUT2D eigenvalue weighted by Crippen LogP contribution is 2.61. The number of nitrogens with zero attached hydrogens (tertiary/aromatic N) is 1. The number of rotatable bonds is 6. The average Bonchev–Trinajstić information content (AvgIpc) is 2.49. The smallest absolute Gasteiger partial charge is 0.0359 e. The SMILES string of the molecule is C=C(C)C[C@H]1[C@H]2c3c(Br)cccc3[C@H](CC2(C)C)N1CCCCC. The van der Waals surface area contributed by atoms with E-state index < -0.39 is 0 Å². The van der Waals surface area contributed by atoms with Gasteiger partial charge in [0.2, 0.25) is 0 Å². The molecule has 0 saturated carbocycles. The number of hydrogen-bond acceptors (Lipinski definition) is 1. The van der Waals surface area contributed by atoms with Gasteiger partial charge in [-0.2, -0.15) is 0 Å². The predicted molar refractivity (Wildman–Crippen MR) is 107 cm³/mol. The van der Waals surface area contributed by atoms with E-state index in [9.17, 15) is 0 Å². The van der Waals surface area contributed by atoms with E-state index in [1.54, 1.807) is 11.1 Å². The van der Waals surface area contributed by atoms with Crippen LogP contribution in [0.25, 0.3) is 0 Å². The van der Waals surface area contributed by atoms with Gasteiger partial charge in [-0.25, -0.2) is 0 Å². The van der Waals surface area contributed by atoms with Gasteiger partial charge in [0.15, 0.2) is 0 Å².